The van der Waals surface area contributed by atoms with E-state index in [-0.39, 0.29) is 11.3 Å². The Morgan fingerprint density at radius 2 is 2.04 bits per heavy atom. The van der Waals surface area contributed by atoms with Gasteiger partial charge in [0.1, 0.15) is 17.6 Å². The Labute approximate surface area is 151 Å². The maximum absolute atomic E-state index is 9.98. The number of pyridine rings is 2. The quantitative estimate of drug-likeness (QED) is 0.736. The van der Waals surface area contributed by atoms with Crippen LogP contribution in [0.2, 0.25) is 0 Å². The average Bonchev–Trinajstić information content (AvgIpc) is 3.04. The van der Waals surface area contributed by atoms with Gasteiger partial charge >= 0.3 is 0 Å². The van der Waals surface area contributed by atoms with Crippen LogP contribution in [0.5, 0.6) is 5.75 Å². The van der Waals surface area contributed by atoms with Crippen LogP contribution in [-0.2, 0) is 0 Å². The van der Waals surface area contributed by atoms with Crippen molar-refractivity contribution < 1.29 is 5.11 Å². The third-order valence-corrected chi connectivity index (χ3v) is 5.01. The summed E-state index contributed by atoms with van der Waals surface area (Å²) in [6.07, 6.45) is 6.63. The first-order chi connectivity index (χ1) is 12.5. The zero-order valence-corrected chi connectivity index (χ0v) is 14.6. The molecule has 1 aliphatic rings. The number of hydrogen-bond donors (Lipinski definition) is 2. The zero-order valence-electron chi connectivity index (χ0n) is 14.6. The third kappa shape index (κ3) is 2.85. The second kappa shape index (κ2) is 6.00. The largest absolute Gasteiger partial charge is 0.506 e. The lowest BCUT2D eigenvalue weighted by molar-refractivity contribution is 0.363. The van der Waals surface area contributed by atoms with Crippen LogP contribution in [0.3, 0.4) is 0 Å². The van der Waals surface area contributed by atoms with E-state index in [2.05, 4.69) is 28.0 Å². The molecule has 3 aromatic rings. The molecule has 0 aromatic carbocycles. The zero-order chi connectivity index (χ0) is 18.3. The highest BCUT2D eigenvalue weighted by atomic mass is 16.3. The van der Waals surface area contributed by atoms with Crippen LogP contribution in [0.15, 0.2) is 36.8 Å². The summed E-state index contributed by atoms with van der Waals surface area (Å²) >= 11 is 0. The molecule has 4 rings (SSSR count). The molecule has 0 radical (unpaired) electrons. The Bertz CT molecular complexity index is 989. The number of nitrogens with zero attached hydrogens (tertiary/aromatic N) is 5. The summed E-state index contributed by atoms with van der Waals surface area (Å²) in [4.78, 5) is 6.83. The molecule has 7 nitrogen and oxygen atoms in total. The number of fused-ring (bicyclic) bond motifs is 1. The summed E-state index contributed by atoms with van der Waals surface area (Å²) in [6.45, 7) is 3.86. The van der Waals surface area contributed by atoms with Gasteiger partial charge in [0.2, 0.25) is 0 Å². The molecule has 1 fully saturated rings. The Kier molecular flexibility index (Phi) is 3.78. The molecule has 4 heterocycles. The molecule has 0 bridgehead atoms. The van der Waals surface area contributed by atoms with E-state index >= 15 is 0 Å². The van der Waals surface area contributed by atoms with Gasteiger partial charge in [0.05, 0.1) is 23.5 Å². The van der Waals surface area contributed by atoms with E-state index in [1.165, 1.54) is 16.9 Å². The summed E-state index contributed by atoms with van der Waals surface area (Å²) in [5, 5.41) is 23.4. The van der Waals surface area contributed by atoms with E-state index in [0.717, 1.165) is 42.9 Å². The van der Waals surface area contributed by atoms with Crippen molar-refractivity contribution in [3.63, 3.8) is 0 Å². The lowest BCUT2D eigenvalue weighted by Crippen LogP contribution is -2.48. The lowest BCUT2D eigenvalue weighted by Gasteiger charge is -2.37. The summed E-state index contributed by atoms with van der Waals surface area (Å²) in [7, 11) is 0. The molecule has 0 spiro atoms. The summed E-state index contributed by atoms with van der Waals surface area (Å²) in [5.41, 5.74) is 8.78. The van der Waals surface area contributed by atoms with Gasteiger partial charge in [-0.05, 0) is 38.0 Å². The monoisotopic (exact) mass is 348 g/mol. The first-order valence-corrected chi connectivity index (χ1v) is 8.57. The number of anilines is 1. The number of hydrogen-bond acceptors (Lipinski definition) is 6. The summed E-state index contributed by atoms with van der Waals surface area (Å²) in [6, 6.07) is 7.71. The fourth-order valence-electron chi connectivity index (χ4n) is 3.39. The predicted molar refractivity (Wildman–Crippen MR) is 98.8 cm³/mol. The molecule has 0 atom stereocenters. The highest BCUT2D eigenvalue weighted by Crippen LogP contribution is 2.31. The van der Waals surface area contributed by atoms with Gasteiger partial charge < -0.3 is 15.7 Å². The van der Waals surface area contributed by atoms with Gasteiger partial charge in [-0.25, -0.2) is 9.50 Å². The van der Waals surface area contributed by atoms with Crippen LogP contribution in [0.25, 0.3) is 16.6 Å². The number of aromatic nitrogens is 3. The van der Waals surface area contributed by atoms with Crippen molar-refractivity contribution in [3.05, 3.63) is 42.4 Å². The molecule has 0 amide bonds. The minimum Gasteiger partial charge on any atom is -0.506 e. The summed E-state index contributed by atoms with van der Waals surface area (Å²) < 4.78 is 1.52. The molecule has 132 valence electrons. The van der Waals surface area contributed by atoms with Crippen LogP contribution in [0.1, 0.15) is 25.3 Å². The highest BCUT2D eigenvalue weighted by Gasteiger charge is 2.26. The van der Waals surface area contributed by atoms with Gasteiger partial charge in [0, 0.05) is 36.0 Å². The molecule has 26 heavy (non-hydrogen) atoms. The standard InChI is InChI=1S/C19H20N6O/c1-19(21)4-6-24(7-5-19)17-3-2-13(10-22-17)16-8-15(26)12-25-18(16)14(9-20)11-23-25/h2-3,8,10-12,26H,4-7,21H2,1H3. The number of rotatable bonds is 2. The third-order valence-electron chi connectivity index (χ3n) is 5.01. The van der Waals surface area contributed by atoms with E-state index in [0.29, 0.717) is 11.1 Å². The van der Waals surface area contributed by atoms with Gasteiger partial charge in [-0.2, -0.15) is 10.4 Å². The smallest absolute Gasteiger partial charge is 0.134 e. The minimum atomic E-state index is -0.0979. The Balaban J connectivity index is 1.69. The molecular weight excluding hydrogens is 328 g/mol. The topological polar surface area (TPSA) is 103 Å². The van der Waals surface area contributed by atoms with E-state index in [4.69, 9.17) is 5.73 Å². The second-order valence-electron chi connectivity index (χ2n) is 7.12. The average molecular weight is 348 g/mol. The van der Waals surface area contributed by atoms with Gasteiger partial charge in [0.25, 0.3) is 0 Å². The number of nitrogens with two attached hydrogens (primary N) is 1. The van der Waals surface area contributed by atoms with Gasteiger partial charge in [-0.1, -0.05) is 0 Å². The van der Waals surface area contributed by atoms with E-state index in [1.807, 2.05) is 12.1 Å². The fraction of sp³-hybridized carbons (Fsp3) is 0.316. The first kappa shape index (κ1) is 16.4. The number of piperidine rings is 1. The van der Waals surface area contributed by atoms with Crippen LogP contribution >= 0.6 is 0 Å². The predicted octanol–water partition coefficient (Wildman–Crippen LogP) is 2.29. The molecule has 1 aliphatic heterocycles. The van der Waals surface area contributed by atoms with Crippen LogP contribution in [0, 0.1) is 11.3 Å². The maximum Gasteiger partial charge on any atom is 0.134 e. The molecule has 3 N–H and O–H groups in total. The van der Waals surface area contributed by atoms with Crippen LogP contribution < -0.4 is 10.6 Å². The number of aromatic hydroxyl groups is 1. The van der Waals surface area contributed by atoms with Crippen molar-refractivity contribution >= 4 is 11.3 Å². The first-order valence-electron chi connectivity index (χ1n) is 8.57. The maximum atomic E-state index is 9.98. The molecular formula is C19H20N6O. The minimum absolute atomic E-state index is 0.0856. The van der Waals surface area contributed by atoms with Gasteiger partial charge in [-0.15, -0.1) is 0 Å². The Hall–Kier alpha value is -3.11. The SMILES string of the molecule is CC1(N)CCN(c2ccc(-c3cc(O)cn4ncc(C#N)c34)cn2)CC1. The van der Waals surface area contributed by atoms with E-state index in [9.17, 15) is 10.4 Å². The normalized spacial score (nSPS) is 16.6. The van der Waals surface area contributed by atoms with E-state index in [1.54, 1.807) is 12.3 Å². The van der Waals surface area contributed by atoms with Crippen LogP contribution in [-0.4, -0.2) is 38.3 Å². The highest BCUT2D eigenvalue weighted by molar-refractivity contribution is 5.85. The van der Waals surface area contributed by atoms with Gasteiger partial charge in [0.15, 0.2) is 0 Å². The summed E-state index contributed by atoms with van der Waals surface area (Å²) in [5.74, 6) is 0.997. The van der Waals surface area contributed by atoms with Crippen molar-refractivity contribution in [3.8, 4) is 22.9 Å². The fourth-order valence-corrected chi connectivity index (χ4v) is 3.39. The van der Waals surface area contributed by atoms with Gasteiger partial charge in [-0.3, -0.25) is 0 Å². The molecule has 1 saturated heterocycles. The van der Waals surface area contributed by atoms with Crippen LogP contribution in [0.4, 0.5) is 5.82 Å². The lowest BCUT2D eigenvalue weighted by atomic mass is 9.91. The number of nitriles is 1. The molecule has 7 heteroatoms. The van der Waals surface area contributed by atoms with Crippen molar-refractivity contribution in [2.24, 2.45) is 5.73 Å². The van der Waals surface area contributed by atoms with Crippen molar-refractivity contribution in [2.45, 2.75) is 25.3 Å². The molecule has 0 aliphatic carbocycles. The van der Waals surface area contributed by atoms with E-state index < -0.39 is 0 Å². The van der Waals surface area contributed by atoms with Crippen molar-refractivity contribution in [1.82, 2.24) is 14.6 Å². The second-order valence-corrected chi connectivity index (χ2v) is 7.12. The molecule has 0 saturated carbocycles. The van der Waals surface area contributed by atoms with Crippen molar-refractivity contribution in [1.29, 1.82) is 5.26 Å². The molecule has 3 aromatic heterocycles. The Morgan fingerprint density at radius 3 is 2.69 bits per heavy atom. The Morgan fingerprint density at radius 1 is 1.27 bits per heavy atom. The van der Waals surface area contributed by atoms with Crippen molar-refractivity contribution in [2.75, 3.05) is 18.0 Å². The molecule has 0 unspecified atom stereocenters.